The molecule has 1 aliphatic heterocycles. The normalized spacial score (nSPS) is 13.3. The number of nitrogens with zero attached hydrogens (tertiary/aromatic N) is 3. The molecule has 0 unspecified atom stereocenters. The Hall–Kier alpha value is -3.44. The van der Waals surface area contributed by atoms with E-state index in [0.717, 1.165) is 11.8 Å². The maximum atomic E-state index is 12.5. The van der Waals surface area contributed by atoms with Crippen LogP contribution in [0, 0.1) is 10.1 Å². The third-order valence-corrected chi connectivity index (χ3v) is 5.72. The minimum Gasteiger partial charge on any atom is -0.487 e. The SMILES string of the molecule is CCOc1ccc(C(=O)NC(=S)Nc2ccc(N3CCN(C(C)=O)CC3)c(Cl)c2)cc1[N+](=O)[O-]. The van der Waals surface area contributed by atoms with Crippen LogP contribution < -0.4 is 20.3 Å². The number of piperazine rings is 1. The predicted molar refractivity (Wildman–Crippen MR) is 134 cm³/mol. The van der Waals surface area contributed by atoms with Crippen LogP contribution in [0.4, 0.5) is 17.1 Å². The fourth-order valence-corrected chi connectivity index (χ4v) is 4.03. The van der Waals surface area contributed by atoms with E-state index in [1.807, 2.05) is 6.07 Å². The third-order valence-electron chi connectivity index (χ3n) is 5.22. The molecule has 10 nitrogen and oxygen atoms in total. The summed E-state index contributed by atoms with van der Waals surface area (Å²) in [6.45, 7) is 6.14. The van der Waals surface area contributed by atoms with E-state index in [9.17, 15) is 19.7 Å². The molecule has 1 aliphatic rings. The molecular formula is C22H24ClN5O5S. The summed E-state index contributed by atoms with van der Waals surface area (Å²) in [6, 6.07) is 9.25. The van der Waals surface area contributed by atoms with Crippen LogP contribution >= 0.6 is 23.8 Å². The molecule has 0 saturated carbocycles. The van der Waals surface area contributed by atoms with Crippen molar-refractivity contribution in [3.63, 3.8) is 0 Å². The average Bonchev–Trinajstić information content (AvgIpc) is 2.79. The first kappa shape index (κ1) is 25.2. The van der Waals surface area contributed by atoms with Gasteiger partial charge >= 0.3 is 5.69 Å². The highest BCUT2D eigenvalue weighted by molar-refractivity contribution is 7.80. The lowest BCUT2D eigenvalue weighted by Crippen LogP contribution is -2.48. The topological polar surface area (TPSA) is 117 Å². The molecule has 0 radical (unpaired) electrons. The van der Waals surface area contributed by atoms with Gasteiger partial charge in [-0.05, 0) is 49.5 Å². The lowest BCUT2D eigenvalue weighted by molar-refractivity contribution is -0.385. The van der Waals surface area contributed by atoms with Gasteiger partial charge < -0.3 is 19.9 Å². The van der Waals surface area contributed by atoms with Gasteiger partial charge in [0.15, 0.2) is 10.9 Å². The van der Waals surface area contributed by atoms with Gasteiger partial charge in [0, 0.05) is 50.4 Å². The second-order valence-electron chi connectivity index (χ2n) is 7.44. The Morgan fingerprint density at radius 1 is 1.18 bits per heavy atom. The van der Waals surface area contributed by atoms with Gasteiger partial charge in [-0.1, -0.05) is 11.6 Å². The number of rotatable bonds is 6. The quantitative estimate of drug-likeness (QED) is 0.348. The highest BCUT2D eigenvalue weighted by Gasteiger charge is 2.21. The number of amides is 2. The first-order valence-corrected chi connectivity index (χ1v) is 11.3. The first-order valence-electron chi connectivity index (χ1n) is 10.5. The van der Waals surface area contributed by atoms with E-state index >= 15 is 0 Å². The molecule has 0 aliphatic carbocycles. The monoisotopic (exact) mass is 505 g/mol. The van der Waals surface area contributed by atoms with Gasteiger partial charge in [0.05, 0.1) is 22.2 Å². The number of nitro benzene ring substituents is 1. The van der Waals surface area contributed by atoms with Crippen LogP contribution in [0.15, 0.2) is 36.4 Å². The summed E-state index contributed by atoms with van der Waals surface area (Å²) in [5, 5.41) is 17.2. The zero-order valence-corrected chi connectivity index (χ0v) is 20.2. The molecular weight excluding hydrogens is 482 g/mol. The van der Waals surface area contributed by atoms with Crippen molar-refractivity contribution >= 4 is 57.8 Å². The minimum atomic E-state index is -0.609. The van der Waals surface area contributed by atoms with Crippen LogP contribution in [0.1, 0.15) is 24.2 Å². The molecule has 1 heterocycles. The lowest BCUT2D eigenvalue weighted by Gasteiger charge is -2.36. The molecule has 0 bridgehead atoms. The molecule has 0 spiro atoms. The highest BCUT2D eigenvalue weighted by Crippen LogP contribution is 2.30. The molecule has 2 N–H and O–H groups in total. The van der Waals surface area contributed by atoms with Gasteiger partial charge in [-0.3, -0.25) is 25.0 Å². The number of halogens is 1. The standard InChI is InChI=1S/C22H24ClN5O5S/c1-3-33-20-7-4-15(12-19(20)28(31)32)21(30)25-22(34)24-16-5-6-18(17(23)13-16)27-10-8-26(9-11-27)14(2)29/h4-7,12-13H,3,8-11H2,1-2H3,(H2,24,25,30,34). The van der Waals surface area contributed by atoms with Gasteiger partial charge in [-0.15, -0.1) is 0 Å². The Balaban J connectivity index is 1.62. The van der Waals surface area contributed by atoms with Crippen LogP contribution in [0.5, 0.6) is 5.75 Å². The fourth-order valence-electron chi connectivity index (χ4n) is 3.52. The van der Waals surface area contributed by atoms with Crippen molar-refractivity contribution < 1.29 is 19.2 Å². The largest absolute Gasteiger partial charge is 0.487 e. The molecule has 0 atom stereocenters. The van der Waals surface area contributed by atoms with E-state index in [1.54, 1.807) is 30.9 Å². The summed E-state index contributed by atoms with van der Waals surface area (Å²) in [4.78, 5) is 38.6. The van der Waals surface area contributed by atoms with E-state index < -0.39 is 10.8 Å². The van der Waals surface area contributed by atoms with Crippen LogP contribution in [0.3, 0.4) is 0 Å². The molecule has 2 aromatic rings. The Kier molecular flexibility index (Phi) is 8.24. The van der Waals surface area contributed by atoms with Gasteiger partial charge in [0.1, 0.15) is 0 Å². The molecule has 0 aromatic heterocycles. The summed E-state index contributed by atoms with van der Waals surface area (Å²) in [7, 11) is 0. The second-order valence-corrected chi connectivity index (χ2v) is 8.26. The van der Waals surface area contributed by atoms with Gasteiger partial charge in [-0.2, -0.15) is 0 Å². The van der Waals surface area contributed by atoms with Crippen LogP contribution in [-0.2, 0) is 4.79 Å². The van der Waals surface area contributed by atoms with E-state index in [2.05, 4.69) is 15.5 Å². The average molecular weight is 506 g/mol. The van der Waals surface area contributed by atoms with Crippen LogP contribution in [0.25, 0.3) is 0 Å². The Bertz CT molecular complexity index is 1120. The fraction of sp³-hybridized carbons (Fsp3) is 0.318. The van der Waals surface area contributed by atoms with Crippen molar-refractivity contribution in [1.82, 2.24) is 10.2 Å². The van der Waals surface area contributed by atoms with Crippen molar-refractivity contribution in [3.05, 3.63) is 57.1 Å². The van der Waals surface area contributed by atoms with Crippen molar-refractivity contribution in [2.75, 3.05) is 43.0 Å². The van der Waals surface area contributed by atoms with Crippen molar-refractivity contribution in [2.24, 2.45) is 0 Å². The minimum absolute atomic E-state index is 0.0143. The number of anilines is 2. The number of thiocarbonyl (C=S) groups is 1. The molecule has 1 saturated heterocycles. The Morgan fingerprint density at radius 2 is 1.88 bits per heavy atom. The van der Waals surface area contributed by atoms with Crippen molar-refractivity contribution in [3.8, 4) is 5.75 Å². The zero-order valence-electron chi connectivity index (χ0n) is 18.7. The number of nitro groups is 1. The Morgan fingerprint density at radius 3 is 2.47 bits per heavy atom. The van der Waals surface area contributed by atoms with Gasteiger partial charge in [-0.25, -0.2) is 0 Å². The molecule has 1 fully saturated rings. The molecule has 3 rings (SSSR count). The number of ether oxygens (including phenoxy) is 1. The summed E-state index contributed by atoms with van der Waals surface area (Å²) in [5.41, 5.74) is 1.17. The van der Waals surface area contributed by atoms with Gasteiger partial charge in [0.2, 0.25) is 5.91 Å². The summed E-state index contributed by atoms with van der Waals surface area (Å²) in [6.07, 6.45) is 0. The molecule has 2 amide bonds. The van der Waals surface area contributed by atoms with Crippen LogP contribution in [-0.4, -0.2) is 59.5 Å². The zero-order chi connectivity index (χ0) is 24.8. The van der Waals surface area contributed by atoms with E-state index in [0.29, 0.717) is 36.9 Å². The first-order chi connectivity index (χ1) is 16.2. The summed E-state index contributed by atoms with van der Waals surface area (Å²) in [5.74, 6) is -0.461. The molecule has 2 aromatic carbocycles. The number of carbonyl (C=O) groups is 2. The molecule has 180 valence electrons. The number of hydrogen-bond acceptors (Lipinski definition) is 7. The summed E-state index contributed by atoms with van der Waals surface area (Å²) >= 11 is 11.7. The third kappa shape index (κ3) is 6.12. The Labute approximate surface area is 207 Å². The highest BCUT2D eigenvalue weighted by atomic mass is 35.5. The number of benzene rings is 2. The van der Waals surface area contributed by atoms with E-state index in [-0.39, 0.29) is 34.6 Å². The number of hydrogen-bond donors (Lipinski definition) is 2. The smallest absolute Gasteiger partial charge is 0.311 e. The number of nitrogens with one attached hydrogen (secondary N) is 2. The van der Waals surface area contributed by atoms with E-state index in [1.165, 1.54) is 12.1 Å². The van der Waals surface area contributed by atoms with Crippen LogP contribution in [0.2, 0.25) is 5.02 Å². The molecule has 34 heavy (non-hydrogen) atoms. The number of carbonyl (C=O) groups excluding carboxylic acids is 2. The van der Waals surface area contributed by atoms with Gasteiger partial charge in [0.25, 0.3) is 5.91 Å². The van der Waals surface area contributed by atoms with Crippen molar-refractivity contribution in [1.29, 1.82) is 0 Å². The second kappa shape index (κ2) is 11.1. The maximum Gasteiger partial charge on any atom is 0.311 e. The maximum absolute atomic E-state index is 12.5. The lowest BCUT2D eigenvalue weighted by atomic mass is 10.1. The summed E-state index contributed by atoms with van der Waals surface area (Å²) < 4.78 is 5.23. The van der Waals surface area contributed by atoms with E-state index in [4.69, 9.17) is 28.6 Å². The predicted octanol–water partition coefficient (Wildman–Crippen LogP) is 3.44. The van der Waals surface area contributed by atoms with Crippen molar-refractivity contribution in [2.45, 2.75) is 13.8 Å². The molecule has 12 heteroatoms.